The van der Waals surface area contributed by atoms with E-state index < -0.39 is 18.4 Å². The lowest BCUT2D eigenvalue weighted by molar-refractivity contribution is 0.456. The van der Waals surface area contributed by atoms with Crippen LogP contribution in [-0.2, 0) is 14.0 Å². The standard InChI is InChI=1S/C12H20O3SSi/c1-12(2,3)17(4,5)15-16(13,14)11-9-7-6-8-10-11/h6-10H,1-5H3. The van der Waals surface area contributed by atoms with Crippen molar-refractivity contribution in [2.75, 3.05) is 0 Å². The van der Waals surface area contributed by atoms with Crippen molar-refractivity contribution in [2.24, 2.45) is 0 Å². The summed E-state index contributed by atoms with van der Waals surface area (Å²) >= 11 is 0. The van der Waals surface area contributed by atoms with Crippen molar-refractivity contribution in [3.05, 3.63) is 30.3 Å². The summed E-state index contributed by atoms with van der Waals surface area (Å²) in [6.07, 6.45) is 0. The average Bonchev–Trinajstić information content (AvgIpc) is 2.15. The highest BCUT2D eigenvalue weighted by atomic mass is 32.2. The summed E-state index contributed by atoms with van der Waals surface area (Å²) in [7, 11) is -5.95. The van der Waals surface area contributed by atoms with Crippen LogP contribution in [0.3, 0.4) is 0 Å². The van der Waals surface area contributed by atoms with Gasteiger partial charge in [-0.15, -0.1) is 0 Å². The van der Waals surface area contributed by atoms with E-state index in [1.165, 1.54) is 0 Å². The van der Waals surface area contributed by atoms with Crippen LogP contribution in [0.15, 0.2) is 35.2 Å². The number of hydrogen-bond acceptors (Lipinski definition) is 3. The topological polar surface area (TPSA) is 43.4 Å². The Kier molecular flexibility index (Phi) is 3.86. The Labute approximate surface area is 105 Å². The van der Waals surface area contributed by atoms with E-state index in [4.69, 9.17) is 3.87 Å². The third-order valence-electron chi connectivity index (χ3n) is 3.16. The fourth-order valence-electron chi connectivity index (χ4n) is 1.03. The van der Waals surface area contributed by atoms with Crippen molar-refractivity contribution < 1.29 is 12.3 Å². The lowest BCUT2D eigenvalue weighted by Crippen LogP contribution is -2.42. The predicted octanol–water partition coefficient (Wildman–Crippen LogP) is 3.40. The van der Waals surface area contributed by atoms with Crippen LogP contribution in [0.4, 0.5) is 0 Å². The molecule has 0 aliphatic carbocycles. The first-order chi connectivity index (χ1) is 7.56. The molecule has 96 valence electrons. The van der Waals surface area contributed by atoms with E-state index >= 15 is 0 Å². The van der Waals surface area contributed by atoms with Gasteiger partial charge >= 0.3 is 0 Å². The lowest BCUT2D eigenvalue weighted by atomic mass is 10.2. The molecule has 1 rings (SSSR count). The normalized spacial score (nSPS) is 13.7. The maximum atomic E-state index is 12.1. The smallest absolute Gasteiger partial charge is 0.287 e. The molecule has 0 saturated heterocycles. The molecule has 0 N–H and O–H groups in total. The van der Waals surface area contributed by atoms with Gasteiger partial charge in [-0.2, -0.15) is 8.42 Å². The fraction of sp³-hybridized carbons (Fsp3) is 0.500. The van der Waals surface area contributed by atoms with E-state index in [0.717, 1.165) is 0 Å². The molecule has 1 aromatic rings. The van der Waals surface area contributed by atoms with Gasteiger partial charge in [0.1, 0.15) is 0 Å². The summed E-state index contributed by atoms with van der Waals surface area (Å²) in [6, 6.07) is 8.29. The zero-order valence-corrected chi connectivity index (χ0v) is 12.8. The minimum Gasteiger partial charge on any atom is -0.311 e. The summed E-state index contributed by atoms with van der Waals surface area (Å²) in [4.78, 5) is 0.227. The van der Waals surface area contributed by atoms with E-state index in [1.54, 1.807) is 30.3 Å². The van der Waals surface area contributed by atoms with Crippen LogP contribution < -0.4 is 0 Å². The third-order valence-corrected chi connectivity index (χ3v) is 10.2. The molecule has 0 heterocycles. The number of benzene rings is 1. The molecule has 17 heavy (non-hydrogen) atoms. The van der Waals surface area contributed by atoms with Gasteiger partial charge in [-0.05, 0) is 30.3 Å². The van der Waals surface area contributed by atoms with Gasteiger partial charge in [-0.3, -0.25) is 0 Å². The largest absolute Gasteiger partial charge is 0.311 e. The molecule has 0 atom stereocenters. The highest BCUT2D eigenvalue weighted by molar-refractivity contribution is 7.87. The highest BCUT2D eigenvalue weighted by Gasteiger charge is 2.41. The summed E-state index contributed by atoms with van der Waals surface area (Å²) < 4.78 is 29.7. The van der Waals surface area contributed by atoms with Gasteiger partial charge in [0, 0.05) is 0 Å². The van der Waals surface area contributed by atoms with Gasteiger partial charge in [0.25, 0.3) is 10.1 Å². The molecule has 0 unspecified atom stereocenters. The van der Waals surface area contributed by atoms with Crippen LogP contribution >= 0.6 is 0 Å². The van der Waals surface area contributed by atoms with Crippen LogP contribution in [0, 0.1) is 0 Å². The Balaban J connectivity index is 3.04. The van der Waals surface area contributed by atoms with Crippen LogP contribution in [0.5, 0.6) is 0 Å². The Bertz CT molecular complexity index is 472. The quantitative estimate of drug-likeness (QED) is 0.792. The predicted molar refractivity (Wildman–Crippen MR) is 71.9 cm³/mol. The maximum Gasteiger partial charge on any atom is 0.287 e. The molecule has 0 aliphatic rings. The van der Waals surface area contributed by atoms with Crippen molar-refractivity contribution >= 4 is 18.4 Å². The number of hydrogen-bond donors (Lipinski definition) is 0. The van der Waals surface area contributed by atoms with Crippen molar-refractivity contribution in [3.8, 4) is 0 Å². The van der Waals surface area contributed by atoms with E-state index in [1.807, 2.05) is 33.9 Å². The van der Waals surface area contributed by atoms with Gasteiger partial charge < -0.3 is 3.87 Å². The Morgan fingerprint density at radius 2 is 1.53 bits per heavy atom. The first kappa shape index (κ1) is 14.4. The van der Waals surface area contributed by atoms with Crippen molar-refractivity contribution in [3.63, 3.8) is 0 Å². The second-order valence-electron chi connectivity index (χ2n) is 5.61. The summed E-state index contributed by atoms with van der Waals surface area (Å²) in [5.74, 6) is 0. The summed E-state index contributed by atoms with van der Waals surface area (Å²) in [5.41, 5.74) is 0. The van der Waals surface area contributed by atoms with Crippen LogP contribution in [0.25, 0.3) is 0 Å². The minimum absolute atomic E-state index is 0.130. The number of rotatable bonds is 3. The van der Waals surface area contributed by atoms with E-state index in [-0.39, 0.29) is 9.93 Å². The molecular weight excluding hydrogens is 252 g/mol. The maximum absolute atomic E-state index is 12.1. The summed E-state index contributed by atoms with van der Waals surface area (Å²) in [6.45, 7) is 9.89. The van der Waals surface area contributed by atoms with Crippen LogP contribution in [-0.4, -0.2) is 16.7 Å². The molecule has 0 aliphatic heterocycles. The molecule has 0 aromatic heterocycles. The zero-order valence-electron chi connectivity index (χ0n) is 11.0. The van der Waals surface area contributed by atoms with Crippen molar-refractivity contribution in [1.29, 1.82) is 0 Å². The molecule has 0 saturated carbocycles. The molecule has 5 heteroatoms. The first-order valence-corrected chi connectivity index (χ1v) is 9.89. The van der Waals surface area contributed by atoms with Gasteiger partial charge in [-0.25, -0.2) is 0 Å². The lowest BCUT2D eigenvalue weighted by Gasteiger charge is -2.34. The SMILES string of the molecule is CC(C)(C)[Si](C)(C)OS(=O)(=O)c1ccccc1. The second-order valence-corrected chi connectivity index (χ2v) is 12.2. The van der Waals surface area contributed by atoms with E-state index in [9.17, 15) is 8.42 Å². The van der Waals surface area contributed by atoms with Gasteiger partial charge in [0.05, 0.1) is 4.90 Å². The first-order valence-electron chi connectivity index (χ1n) is 5.57. The van der Waals surface area contributed by atoms with E-state index in [2.05, 4.69) is 0 Å². The minimum atomic E-state index is -3.64. The van der Waals surface area contributed by atoms with Crippen molar-refractivity contribution in [1.82, 2.24) is 0 Å². The molecule has 1 aromatic carbocycles. The molecule has 0 fully saturated rings. The van der Waals surface area contributed by atoms with Crippen molar-refractivity contribution in [2.45, 2.75) is 43.8 Å². The highest BCUT2D eigenvalue weighted by Crippen LogP contribution is 2.38. The molecule has 0 bridgehead atoms. The third kappa shape index (κ3) is 3.40. The molecule has 0 radical (unpaired) electrons. The molecule has 0 amide bonds. The average molecular weight is 272 g/mol. The molecule has 3 nitrogen and oxygen atoms in total. The van der Waals surface area contributed by atoms with Gasteiger partial charge in [-0.1, -0.05) is 39.0 Å². The summed E-state index contributed by atoms with van der Waals surface area (Å²) in [5, 5.41) is -0.130. The van der Waals surface area contributed by atoms with E-state index in [0.29, 0.717) is 0 Å². The molecule has 0 spiro atoms. The zero-order chi connectivity index (χ0) is 13.3. The Morgan fingerprint density at radius 3 is 1.94 bits per heavy atom. The Morgan fingerprint density at radius 1 is 1.06 bits per heavy atom. The van der Waals surface area contributed by atoms with Crippen LogP contribution in [0.1, 0.15) is 20.8 Å². The van der Waals surface area contributed by atoms with Gasteiger partial charge in [0.2, 0.25) is 8.32 Å². The molecular formula is C12H20O3SSi. The van der Waals surface area contributed by atoms with Crippen LogP contribution in [0.2, 0.25) is 18.1 Å². The second kappa shape index (κ2) is 4.55. The fourth-order valence-corrected chi connectivity index (χ4v) is 5.10. The monoisotopic (exact) mass is 272 g/mol. The van der Waals surface area contributed by atoms with Gasteiger partial charge in [0.15, 0.2) is 0 Å². The Hall–Kier alpha value is -0.653.